The third kappa shape index (κ3) is 4.62. The second-order valence-corrected chi connectivity index (χ2v) is 4.75. The molecule has 0 bridgehead atoms. The van der Waals surface area contributed by atoms with Crippen LogP contribution in [0.2, 0.25) is 0 Å². The van der Waals surface area contributed by atoms with E-state index in [4.69, 9.17) is 15.2 Å². The van der Waals surface area contributed by atoms with E-state index in [-0.39, 0.29) is 11.4 Å². The number of rotatable bonds is 8. The van der Waals surface area contributed by atoms with Gasteiger partial charge in [-0.05, 0) is 12.3 Å². The first-order valence-corrected chi connectivity index (χ1v) is 6.88. The van der Waals surface area contributed by atoms with Gasteiger partial charge in [0.1, 0.15) is 5.75 Å². The van der Waals surface area contributed by atoms with Crippen LogP contribution in [0.25, 0.3) is 0 Å². The summed E-state index contributed by atoms with van der Waals surface area (Å²) in [5.41, 5.74) is 5.91. The van der Waals surface area contributed by atoms with E-state index in [0.29, 0.717) is 18.3 Å². The predicted molar refractivity (Wildman–Crippen MR) is 76.2 cm³/mol. The summed E-state index contributed by atoms with van der Waals surface area (Å²) in [5, 5.41) is 0. The Labute approximate surface area is 114 Å². The first-order chi connectivity index (χ1) is 9.12. The SMILES string of the molecule is CCCCC(CC)COc1cc(OC)c(N)cc1F. The van der Waals surface area contributed by atoms with Crippen LogP contribution < -0.4 is 15.2 Å². The molecule has 1 rings (SSSR count). The Bertz CT molecular complexity index is 396. The van der Waals surface area contributed by atoms with E-state index in [0.717, 1.165) is 12.8 Å². The van der Waals surface area contributed by atoms with Crippen LogP contribution in [-0.4, -0.2) is 13.7 Å². The lowest BCUT2D eigenvalue weighted by Crippen LogP contribution is -2.12. The molecule has 2 N–H and O–H groups in total. The number of anilines is 1. The van der Waals surface area contributed by atoms with Gasteiger partial charge in [0.05, 0.1) is 19.4 Å². The molecule has 0 aliphatic heterocycles. The van der Waals surface area contributed by atoms with Gasteiger partial charge in [-0.25, -0.2) is 4.39 Å². The van der Waals surface area contributed by atoms with Crippen LogP contribution in [0.3, 0.4) is 0 Å². The summed E-state index contributed by atoms with van der Waals surface area (Å²) in [6.07, 6.45) is 4.49. The highest BCUT2D eigenvalue weighted by molar-refractivity contribution is 5.56. The Hall–Kier alpha value is -1.45. The first-order valence-electron chi connectivity index (χ1n) is 6.88. The Morgan fingerprint density at radius 2 is 2.00 bits per heavy atom. The Kier molecular flexibility index (Phi) is 6.46. The van der Waals surface area contributed by atoms with Crippen LogP contribution in [0.4, 0.5) is 10.1 Å². The topological polar surface area (TPSA) is 44.5 Å². The molecule has 0 radical (unpaired) electrons. The summed E-state index contributed by atoms with van der Waals surface area (Å²) in [4.78, 5) is 0. The van der Waals surface area contributed by atoms with Crippen molar-refractivity contribution >= 4 is 5.69 Å². The summed E-state index contributed by atoms with van der Waals surface area (Å²) in [6, 6.07) is 2.75. The highest BCUT2D eigenvalue weighted by atomic mass is 19.1. The van der Waals surface area contributed by atoms with Crippen molar-refractivity contribution in [2.75, 3.05) is 19.5 Å². The molecule has 0 aliphatic carbocycles. The summed E-state index contributed by atoms with van der Waals surface area (Å²) in [7, 11) is 1.50. The van der Waals surface area contributed by atoms with Gasteiger partial charge in [-0.1, -0.05) is 33.1 Å². The van der Waals surface area contributed by atoms with Crippen molar-refractivity contribution in [1.29, 1.82) is 0 Å². The lowest BCUT2D eigenvalue weighted by molar-refractivity contribution is 0.224. The van der Waals surface area contributed by atoms with Crippen molar-refractivity contribution in [2.45, 2.75) is 39.5 Å². The van der Waals surface area contributed by atoms with Crippen LogP contribution >= 0.6 is 0 Å². The van der Waals surface area contributed by atoms with E-state index in [1.165, 1.54) is 32.1 Å². The van der Waals surface area contributed by atoms with E-state index in [1.54, 1.807) is 0 Å². The van der Waals surface area contributed by atoms with Crippen molar-refractivity contribution in [3.8, 4) is 11.5 Å². The van der Waals surface area contributed by atoms with Gasteiger partial charge in [-0.2, -0.15) is 0 Å². The lowest BCUT2D eigenvalue weighted by atomic mass is 10.0. The average Bonchev–Trinajstić information content (AvgIpc) is 2.41. The molecule has 19 heavy (non-hydrogen) atoms. The second kappa shape index (κ2) is 7.87. The molecule has 4 heteroatoms. The molecular weight excluding hydrogens is 245 g/mol. The zero-order chi connectivity index (χ0) is 14.3. The fourth-order valence-corrected chi connectivity index (χ4v) is 1.94. The van der Waals surface area contributed by atoms with Crippen LogP contribution in [0.5, 0.6) is 11.5 Å². The van der Waals surface area contributed by atoms with Gasteiger partial charge < -0.3 is 15.2 Å². The molecule has 3 nitrogen and oxygen atoms in total. The number of ether oxygens (including phenoxy) is 2. The number of nitrogens with two attached hydrogens (primary N) is 1. The molecule has 0 heterocycles. The zero-order valence-electron chi connectivity index (χ0n) is 12.0. The van der Waals surface area contributed by atoms with Crippen molar-refractivity contribution < 1.29 is 13.9 Å². The maximum absolute atomic E-state index is 13.7. The van der Waals surface area contributed by atoms with Crippen LogP contribution in [0, 0.1) is 11.7 Å². The lowest BCUT2D eigenvalue weighted by Gasteiger charge is -2.16. The predicted octanol–water partition coefficient (Wildman–Crippen LogP) is 4.01. The molecule has 0 amide bonds. The zero-order valence-corrected chi connectivity index (χ0v) is 12.0. The largest absolute Gasteiger partial charge is 0.494 e. The molecule has 0 spiro atoms. The summed E-state index contributed by atoms with van der Waals surface area (Å²) in [5.74, 6) is 0.672. The smallest absolute Gasteiger partial charge is 0.167 e. The van der Waals surface area contributed by atoms with E-state index < -0.39 is 5.82 Å². The van der Waals surface area contributed by atoms with Gasteiger partial charge in [0, 0.05) is 12.1 Å². The van der Waals surface area contributed by atoms with Crippen LogP contribution in [-0.2, 0) is 0 Å². The minimum absolute atomic E-state index is 0.209. The Balaban J connectivity index is 2.65. The van der Waals surface area contributed by atoms with Crippen molar-refractivity contribution in [3.63, 3.8) is 0 Å². The number of hydrogen-bond acceptors (Lipinski definition) is 3. The first kappa shape index (κ1) is 15.6. The molecule has 1 unspecified atom stereocenters. The summed E-state index contributed by atoms with van der Waals surface area (Å²) >= 11 is 0. The standard InChI is InChI=1S/C15H24FNO2/c1-4-6-7-11(5-2)10-19-14-9-15(18-3)13(17)8-12(14)16/h8-9,11H,4-7,10,17H2,1-3H3. The maximum Gasteiger partial charge on any atom is 0.167 e. The third-order valence-corrected chi connectivity index (χ3v) is 3.30. The number of methoxy groups -OCH3 is 1. The molecule has 1 aromatic carbocycles. The maximum atomic E-state index is 13.7. The van der Waals surface area contributed by atoms with Gasteiger partial charge in [-0.3, -0.25) is 0 Å². The van der Waals surface area contributed by atoms with E-state index in [1.807, 2.05) is 0 Å². The number of hydrogen-bond donors (Lipinski definition) is 1. The molecule has 1 atom stereocenters. The molecule has 0 aromatic heterocycles. The van der Waals surface area contributed by atoms with Crippen LogP contribution in [0.1, 0.15) is 39.5 Å². The normalized spacial score (nSPS) is 12.2. The number of nitrogen functional groups attached to an aromatic ring is 1. The van der Waals surface area contributed by atoms with Gasteiger partial charge >= 0.3 is 0 Å². The molecule has 0 saturated heterocycles. The molecule has 1 aromatic rings. The molecule has 0 saturated carbocycles. The monoisotopic (exact) mass is 269 g/mol. The number of halogens is 1. The van der Waals surface area contributed by atoms with Gasteiger partial charge in [0.2, 0.25) is 0 Å². The highest BCUT2D eigenvalue weighted by Crippen LogP contribution is 2.30. The second-order valence-electron chi connectivity index (χ2n) is 4.75. The quantitative estimate of drug-likeness (QED) is 0.725. The van der Waals surface area contributed by atoms with Gasteiger partial charge in [0.25, 0.3) is 0 Å². The number of unbranched alkanes of at least 4 members (excludes halogenated alkanes) is 1. The molecular formula is C15H24FNO2. The van der Waals surface area contributed by atoms with E-state index >= 15 is 0 Å². The van der Waals surface area contributed by atoms with Crippen molar-refractivity contribution in [1.82, 2.24) is 0 Å². The Morgan fingerprint density at radius 3 is 2.58 bits per heavy atom. The third-order valence-electron chi connectivity index (χ3n) is 3.30. The number of benzene rings is 1. The fourth-order valence-electron chi connectivity index (χ4n) is 1.94. The Morgan fingerprint density at radius 1 is 1.26 bits per heavy atom. The van der Waals surface area contributed by atoms with Gasteiger partial charge in [-0.15, -0.1) is 0 Å². The molecule has 0 aliphatic rings. The van der Waals surface area contributed by atoms with E-state index in [2.05, 4.69) is 13.8 Å². The summed E-state index contributed by atoms with van der Waals surface area (Å²) < 4.78 is 24.4. The highest BCUT2D eigenvalue weighted by Gasteiger charge is 2.12. The van der Waals surface area contributed by atoms with Crippen molar-refractivity contribution in [2.24, 2.45) is 5.92 Å². The van der Waals surface area contributed by atoms with E-state index in [9.17, 15) is 4.39 Å². The van der Waals surface area contributed by atoms with Gasteiger partial charge in [0.15, 0.2) is 11.6 Å². The minimum Gasteiger partial charge on any atom is -0.494 e. The van der Waals surface area contributed by atoms with Crippen molar-refractivity contribution in [3.05, 3.63) is 17.9 Å². The minimum atomic E-state index is -0.441. The molecule has 0 fully saturated rings. The van der Waals surface area contributed by atoms with Crippen LogP contribution in [0.15, 0.2) is 12.1 Å². The summed E-state index contributed by atoms with van der Waals surface area (Å²) in [6.45, 7) is 4.82. The fraction of sp³-hybridized carbons (Fsp3) is 0.600. The molecule has 108 valence electrons. The average molecular weight is 269 g/mol.